The van der Waals surface area contributed by atoms with Crippen LogP contribution in [0.3, 0.4) is 0 Å². The van der Waals surface area contributed by atoms with Crippen LogP contribution in [0.5, 0.6) is 0 Å². The minimum Gasteiger partial charge on any atom is -0.391 e. The Kier molecular flexibility index (Phi) is 1.94. The molecule has 0 spiro atoms. The van der Waals surface area contributed by atoms with Gasteiger partial charge in [-0.3, -0.25) is 4.79 Å². The first kappa shape index (κ1) is 7.54. The summed E-state index contributed by atoms with van der Waals surface area (Å²) in [5.74, 6) is 0.137. The van der Waals surface area contributed by atoms with Gasteiger partial charge in [-0.25, -0.2) is 0 Å². The van der Waals surface area contributed by atoms with Gasteiger partial charge >= 0.3 is 0 Å². The van der Waals surface area contributed by atoms with Gasteiger partial charge in [-0.05, 0) is 13.3 Å². The summed E-state index contributed by atoms with van der Waals surface area (Å²) in [5, 5.41) is 9.27. The van der Waals surface area contributed by atoms with E-state index in [9.17, 15) is 9.90 Å². The highest BCUT2D eigenvalue weighted by Crippen LogP contribution is 2.15. The molecular formula is C7H13NO2. The maximum absolute atomic E-state index is 11.0. The second-order valence-electron chi connectivity index (χ2n) is 2.85. The molecule has 0 saturated carbocycles. The van der Waals surface area contributed by atoms with Gasteiger partial charge in [0.15, 0.2) is 0 Å². The van der Waals surface area contributed by atoms with Gasteiger partial charge in [0.25, 0.3) is 0 Å². The molecule has 0 bridgehead atoms. The van der Waals surface area contributed by atoms with Crippen molar-refractivity contribution in [3.8, 4) is 0 Å². The van der Waals surface area contributed by atoms with Crippen molar-refractivity contribution in [2.75, 3.05) is 7.05 Å². The smallest absolute Gasteiger partial charge is 0.222 e. The van der Waals surface area contributed by atoms with Gasteiger partial charge in [0.2, 0.25) is 5.91 Å². The van der Waals surface area contributed by atoms with Gasteiger partial charge in [0, 0.05) is 13.5 Å². The lowest BCUT2D eigenvalue weighted by Gasteiger charge is -2.33. The van der Waals surface area contributed by atoms with Crippen LogP contribution in [0.1, 0.15) is 19.8 Å². The second-order valence-corrected chi connectivity index (χ2v) is 2.85. The fourth-order valence-corrected chi connectivity index (χ4v) is 1.17. The number of rotatable bonds is 0. The number of aliphatic hydroxyl groups is 1. The van der Waals surface area contributed by atoms with E-state index in [1.165, 1.54) is 0 Å². The molecule has 0 radical (unpaired) electrons. The first-order valence-corrected chi connectivity index (χ1v) is 3.56. The molecule has 3 heteroatoms. The Labute approximate surface area is 60.6 Å². The number of carbonyl (C=O) groups excluding carboxylic acids is 1. The number of amides is 1. The van der Waals surface area contributed by atoms with Crippen molar-refractivity contribution in [3.05, 3.63) is 0 Å². The molecule has 10 heavy (non-hydrogen) atoms. The predicted molar refractivity (Wildman–Crippen MR) is 37.5 cm³/mol. The normalized spacial score (nSPS) is 34.7. The Hall–Kier alpha value is -0.570. The fourth-order valence-electron chi connectivity index (χ4n) is 1.17. The van der Waals surface area contributed by atoms with Crippen LogP contribution in [0.2, 0.25) is 0 Å². The van der Waals surface area contributed by atoms with E-state index >= 15 is 0 Å². The number of nitrogens with zero attached hydrogens (tertiary/aromatic N) is 1. The molecule has 1 amide bonds. The SMILES string of the molecule is C[C@@H]1[C@@H](O)CCC(=O)N1C. The zero-order valence-electron chi connectivity index (χ0n) is 6.37. The van der Waals surface area contributed by atoms with Crippen molar-refractivity contribution in [2.45, 2.75) is 31.9 Å². The van der Waals surface area contributed by atoms with E-state index in [1.807, 2.05) is 6.92 Å². The van der Waals surface area contributed by atoms with Gasteiger partial charge in [-0.2, -0.15) is 0 Å². The summed E-state index contributed by atoms with van der Waals surface area (Å²) in [6, 6.07) is -0.0127. The second kappa shape index (κ2) is 2.58. The van der Waals surface area contributed by atoms with E-state index in [0.717, 1.165) is 0 Å². The number of carbonyl (C=O) groups is 1. The van der Waals surface area contributed by atoms with Crippen molar-refractivity contribution < 1.29 is 9.90 Å². The number of likely N-dealkylation sites (tertiary alicyclic amines) is 1. The van der Waals surface area contributed by atoms with Crippen molar-refractivity contribution in [2.24, 2.45) is 0 Å². The van der Waals surface area contributed by atoms with Crippen molar-refractivity contribution >= 4 is 5.91 Å². The molecule has 1 rings (SSSR count). The summed E-state index contributed by atoms with van der Waals surface area (Å²) in [6.45, 7) is 1.86. The van der Waals surface area contributed by atoms with Crippen LogP contribution in [-0.2, 0) is 4.79 Å². The number of hydrogen-bond donors (Lipinski definition) is 1. The number of piperidine rings is 1. The summed E-state index contributed by atoms with van der Waals surface area (Å²) in [4.78, 5) is 12.6. The Bertz CT molecular complexity index is 147. The zero-order chi connectivity index (χ0) is 7.72. The van der Waals surface area contributed by atoms with Gasteiger partial charge in [0.05, 0.1) is 12.1 Å². The minimum atomic E-state index is -0.331. The highest BCUT2D eigenvalue weighted by atomic mass is 16.3. The van der Waals surface area contributed by atoms with E-state index in [-0.39, 0.29) is 18.1 Å². The minimum absolute atomic E-state index is 0.0127. The first-order chi connectivity index (χ1) is 4.63. The fraction of sp³-hybridized carbons (Fsp3) is 0.857. The van der Waals surface area contributed by atoms with Gasteiger partial charge < -0.3 is 10.0 Å². The van der Waals surface area contributed by atoms with Crippen LogP contribution >= 0.6 is 0 Å². The summed E-state index contributed by atoms with van der Waals surface area (Å²) < 4.78 is 0. The van der Waals surface area contributed by atoms with E-state index in [4.69, 9.17) is 0 Å². The lowest BCUT2D eigenvalue weighted by Crippen LogP contribution is -2.47. The maximum atomic E-state index is 11.0. The standard InChI is InChI=1S/C7H13NO2/c1-5-6(9)3-4-7(10)8(5)2/h5-6,9H,3-4H2,1-2H3/t5-,6+/m1/s1. The molecule has 3 nitrogen and oxygen atoms in total. The van der Waals surface area contributed by atoms with E-state index in [0.29, 0.717) is 12.8 Å². The lowest BCUT2D eigenvalue weighted by molar-refractivity contribution is -0.138. The van der Waals surface area contributed by atoms with Crippen LogP contribution in [0.15, 0.2) is 0 Å². The van der Waals surface area contributed by atoms with E-state index in [1.54, 1.807) is 11.9 Å². The van der Waals surface area contributed by atoms with Crippen LogP contribution < -0.4 is 0 Å². The van der Waals surface area contributed by atoms with Gasteiger partial charge in [0.1, 0.15) is 0 Å². The lowest BCUT2D eigenvalue weighted by atomic mass is 10.0. The highest BCUT2D eigenvalue weighted by molar-refractivity contribution is 5.77. The molecule has 1 fully saturated rings. The number of aliphatic hydroxyl groups excluding tert-OH is 1. The van der Waals surface area contributed by atoms with Crippen LogP contribution in [0.4, 0.5) is 0 Å². The molecule has 1 N–H and O–H groups in total. The highest BCUT2D eigenvalue weighted by Gasteiger charge is 2.28. The first-order valence-electron chi connectivity index (χ1n) is 3.56. The molecule has 1 heterocycles. The molecular weight excluding hydrogens is 130 g/mol. The zero-order valence-corrected chi connectivity index (χ0v) is 6.37. The summed E-state index contributed by atoms with van der Waals surface area (Å²) >= 11 is 0. The molecule has 2 atom stereocenters. The Morgan fingerprint density at radius 1 is 1.70 bits per heavy atom. The largest absolute Gasteiger partial charge is 0.391 e. The summed E-state index contributed by atoms with van der Waals surface area (Å²) in [6.07, 6.45) is 0.773. The van der Waals surface area contributed by atoms with Crippen LogP contribution in [-0.4, -0.2) is 35.1 Å². The van der Waals surface area contributed by atoms with Crippen molar-refractivity contribution in [3.63, 3.8) is 0 Å². The van der Waals surface area contributed by atoms with Gasteiger partial charge in [-0.1, -0.05) is 0 Å². The quantitative estimate of drug-likeness (QED) is 0.518. The number of hydrogen-bond acceptors (Lipinski definition) is 2. The van der Waals surface area contributed by atoms with Crippen molar-refractivity contribution in [1.29, 1.82) is 0 Å². The Morgan fingerprint density at radius 2 is 2.30 bits per heavy atom. The third-order valence-electron chi connectivity index (χ3n) is 2.22. The average Bonchev–Trinajstić information content (AvgIpc) is 1.93. The molecule has 0 aromatic rings. The monoisotopic (exact) mass is 143 g/mol. The predicted octanol–water partition coefficient (Wildman–Crippen LogP) is -0.0120. The van der Waals surface area contributed by atoms with Crippen LogP contribution in [0, 0.1) is 0 Å². The Morgan fingerprint density at radius 3 is 2.80 bits per heavy atom. The number of likely N-dealkylation sites (N-methyl/N-ethyl adjacent to an activating group) is 1. The summed E-state index contributed by atoms with van der Waals surface area (Å²) in [5.41, 5.74) is 0. The molecule has 0 aliphatic carbocycles. The summed E-state index contributed by atoms with van der Waals surface area (Å²) in [7, 11) is 1.73. The van der Waals surface area contributed by atoms with Crippen LogP contribution in [0.25, 0.3) is 0 Å². The van der Waals surface area contributed by atoms with E-state index in [2.05, 4.69) is 0 Å². The molecule has 1 saturated heterocycles. The molecule has 0 aromatic heterocycles. The maximum Gasteiger partial charge on any atom is 0.222 e. The third kappa shape index (κ3) is 1.14. The van der Waals surface area contributed by atoms with Crippen molar-refractivity contribution in [1.82, 2.24) is 4.90 Å². The molecule has 0 unspecified atom stereocenters. The molecule has 0 aromatic carbocycles. The molecule has 1 aliphatic rings. The molecule has 58 valence electrons. The van der Waals surface area contributed by atoms with E-state index < -0.39 is 0 Å². The average molecular weight is 143 g/mol. The van der Waals surface area contributed by atoms with Gasteiger partial charge in [-0.15, -0.1) is 0 Å². The topological polar surface area (TPSA) is 40.5 Å². The Balaban J connectivity index is 2.60. The molecule has 1 aliphatic heterocycles. The third-order valence-corrected chi connectivity index (χ3v) is 2.22.